The zero-order valence-electron chi connectivity index (χ0n) is 7.61. The fourth-order valence-electron chi connectivity index (χ4n) is 1.43. The Labute approximate surface area is 91.8 Å². The van der Waals surface area contributed by atoms with Crippen molar-refractivity contribution in [2.45, 2.75) is 12.1 Å². The number of hydrogen-bond donors (Lipinski definition) is 1. The molecule has 2 rings (SSSR count). The first-order valence-corrected chi connectivity index (χ1v) is 5.72. The van der Waals surface area contributed by atoms with Gasteiger partial charge in [-0.05, 0) is 11.4 Å². The molecule has 1 aliphatic rings. The molecule has 5 heteroatoms. The van der Waals surface area contributed by atoms with Crippen LogP contribution in [-0.2, 0) is 9.47 Å². The van der Waals surface area contributed by atoms with Gasteiger partial charge in [0, 0.05) is 4.88 Å². The van der Waals surface area contributed by atoms with Crippen molar-refractivity contribution < 1.29 is 9.47 Å². The predicted octanol–water partition coefficient (Wildman–Crippen LogP) is 1.82. The number of thiophene rings is 1. The molecule has 2 unspecified atom stereocenters. The van der Waals surface area contributed by atoms with Crippen molar-refractivity contribution in [3.05, 3.63) is 21.3 Å². The van der Waals surface area contributed by atoms with E-state index in [0.717, 1.165) is 9.90 Å². The van der Waals surface area contributed by atoms with Crippen LogP contribution in [0.4, 0.5) is 0 Å². The maximum absolute atomic E-state index is 6.04. The quantitative estimate of drug-likeness (QED) is 0.848. The number of nitrogens with two attached hydrogens (primary N) is 1. The Hall–Kier alpha value is -0.130. The second kappa shape index (κ2) is 4.59. The van der Waals surface area contributed by atoms with Crippen molar-refractivity contribution >= 4 is 22.9 Å². The van der Waals surface area contributed by atoms with E-state index in [9.17, 15) is 0 Å². The summed E-state index contributed by atoms with van der Waals surface area (Å²) in [5.41, 5.74) is 6.04. The van der Waals surface area contributed by atoms with E-state index in [4.69, 9.17) is 26.8 Å². The van der Waals surface area contributed by atoms with Gasteiger partial charge in [-0.2, -0.15) is 0 Å². The van der Waals surface area contributed by atoms with Gasteiger partial charge in [0.2, 0.25) is 0 Å². The Morgan fingerprint density at radius 2 is 2.43 bits per heavy atom. The topological polar surface area (TPSA) is 44.5 Å². The van der Waals surface area contributed by atoms with E-state index in [1.165, 1.54) is 0 Å². The van der Waals surface area contributed by atoms with Crippen LogP contribution >= 0.6 is 22.9 Å². The maximum atomic E-state index is 6.04. The van der Waals surface area contributed by atoms with Gasteiger partial charge in [-0.1, -0.05) is 11.6 Å². The SMILES string of the molecule is NC(c1sccc1Cl)C1COCCO1. The van der Waals surface area contributed by atoms with Gasteiger partial charge in [0.05, 0.1) is 30.9 Å². The molecular weight excluding hydrogens is 222 g/mol. The molecule has 0 radical (unpaired) electrons. The first kappa shape index (κ1) is 10.4. The Morgan fingerprint density at radius 1 is 1.57 bits per heavy atom. The summed E-state index contributed by atoms with van der Waals surface area (Å²) in [4.78, 5) is 0.974. The van der Waals surface area contributed by atoms with Crippen LogP contribution in [-0.4, -0.2) is 25.9 Å². The van der Waals surface area contributed by atoms with Gasteiger partial charge in [0.1, 0.15) is 6.10 Å². The fraction of sp³-hybridized carbons (Fsp3) is 0.556. The third-order valence-corrected chi connectivity index (χ3v) is 3.65. The van der Waals surface area contributed by atoms with Gasteiger partial charge in [-0.3, -0.25) is 0 Å². The summed E-state index contributed by atoms with van der Waals surface area (Å²) in [5.74, 6) is 0. The van der Waals surface area contributed by atoms with Crippen molar-refractivity contribution in [2.75, 3.05) is 19.8 Å². The largest absolute Gasteiger partial charge is 0.376 e. The van der Waals surface area contributed by atoms with Crippen LogP contribution in [0.1, 0.15) is 10.9 Å². The number of rotatable bonds is 2. The number of ether oxygens (including phenoxy) is 2. The lowest BCUT2D eigenvalue weighted by Gasteiger charge is -2.27. The first-order valence-electron chi connectivity index (χ1n) is 4.47. The summed E-state index contributed by atoms with van der Waals surface area (Å²) in [6.45, 7) is 1.82. The molecule has 1 saturated heterocycles. The number of halogens is 1. The molecule has 3 nitrogen and oxygen atoms in total. The average Bonchev–Trinajstić information content (AvgIpc) is 2.65. The van der Waals surface area contributed by atoms with Crippen molar-refractivity contribution in [1.29, 1.82) is 0 Å². The summed E-state index contributed by atoms with van der Waals surface area (Å²) in [5, 5.41) is 2.65. The monoisotopic (exact) mass is 233 g/mol. The van der Waals surface area contributed by atoms with Crippen LogP contribution < -0.4 is 5.73 Å². The fourth-order valence-corrected chi connectivity index (χ4v) is 2.66. The lowest BCUT2D eigenvalue weighted by molar-refractivity contribution is -0.0971. The maximum Gasteiger partial charge on any atom is 0.101 e. The summed E-state index contributed by atoms with van der Waals surface area (Å²) < 4.78 is 10.8. The molecule has 0 aromatic carbocycles. The molecule has 0 saturated carbocycles. The van der Waals surface area contributed by atoms with E-state index in [0.29, 0.717) is 19.8 Å². The Kier molecular flexibility index (Phi) is 3.41. The molecule has 0 amide bonds. The van der Waals surface area contributed by atoms with E-state index < -0.39 is 0 Å². The molecule has 1 aliphatic heterocycles. The van der Waals surface area contributed by atoms with Crippen molar-refractivity contribution in [2.24, 2.45) is 5.73 Å². The third kappa shape index (κ3) is 2.10. The molecule has 1 aromatic heterocycles. The zero-order chi connectivity index (χ0) is 9.97. The molecular formula is C9H12ClNO2S. The highest BCUT2D eigenvalue weighted by atomic mass is 35.5. The van der Waals surface area contributed by atoms with Crippen LogP contribution in [0.15, 0.2) is 11.4 Å². The minimum atomic E-state index is -0.178. The van der Waals surface area contributed by atoms with E-state index in [1.807, 2.05) is 11.4 Å². The molecule has 2 N–H and O–H groups in total. The third-order valence-electron chi connectivity index (χ3n) is 2.19. The molecule has 1 aromatic rings. The molecule has 1 fully saturated rings. The summed E-state index contributed by atoms with van der Waals surface area (Å²) in [7, 11) is 0. The van der Waals surface area contributed by atoms with Crippen LogP contribution in [0.2, 0.25) is 5.02 Å². The molecule has 78 valence electrons. The minimum Gasteiger partial charge on any atom is -0.376 e. The molecule has 0 spiro atoms. The smallest absolute Gasteiger partial charge is 0.101 e. The van der Waals surface area contributed by atoms with Gasteiger partial charge in [0.25, 0.3) is 0 Å². The minimum absolute atomic E-state index is 0.0695. The highest BCUT2D eigenvalue weighted by Crippen LogP contribution is 2.30. The van der Waals surface area contributed by atoms with Gasteiger partial charge >= 0.3 is 0 Å². The summed E-state index contributed by atoms with van der Waals surface area (Å²) in [6.07, 6.45) is -0.0695. The normalized spacial score (nSPS) is 24.9. The van der Waals surface area contributed by atoms with Gasteiger partial charge in [-0.25, -0.2) is 0 Å². The molecule has 0 bridgehead atoms. The van der Waals surface area contributed by atoms with E-state index in [1.54, 1.807) is 11.3 Å². The molecule has 0 aliphatic carbocycles. The van der Waals surface area contributed by atoms with E-state index in [2.05, 4.69) is 0 Å². The van der Waals surface area contributed by atoms with Crippen LogP contribution in [0.25, 0.3) is 0 Å². The Balaban J connectivity index is 2.07. The Morgan fingerprint density at radius 3 is 3.00 bits per heavy atom. The van der Waals surface area contributed by atoms with Crippen molar-refractivity contribution in [1.82, 2.24) is 0 Å². The van der Waals surface area contributed by atoms with Gasteiger partial charge in [0.15, 0.2) is 0 Å². The van der Waals surface area contributed by atoms with Crippen LogP contribution in [0.3, 0.4) is 0 Å². The Bertz CT molecular complexity index is 299. The molecule has 2 heterocycles. The second-order valence-corrected chi connectivity index (χ2v) is 4.50. The number of hydrogen-bond acceptors (Lipinski definition) is 4. The van der Waals surface area contributed by atoms with E-state index in [-0.39, 0.29) is 12.1 Å². The standard InChI is InChI=1S/C9H12ClNO2S/c10-6-1-4-14-9(6)8(11)7-5-12-2-3-13-7/h1,4,7-8H,2-3,5,11H2. The van der Waals surface area contributed by atoms with Crippen molar-refractivity contribution in [3.8, 4) is 0 Å². The van der Waals surface area contributed by atoms with Crippen LogP contribution in [0, 0.1) is 0 Å². The molecule has 2 atom stereocenters. The van der Waals surface area contributed by atoms with Gasteiger partial charge in [-0.15, -0.1) is 11.3 Å². The van der Waals surface area contributed by atoms with Crippen molar-refractivity contribution in [3.63, 3.8) is 0 Å². The summed E-state index contributed by atoms with van der Waals surface area (Å²) >= 11 is 7.55. The zero-order valence-corrected chi connectivity index (χ0v) is 9.18. The first-order chi connectivity index (χ1) is 6.79. The van der Waals surface area contributed by atoms with Crippen LogP contribution in [0.5, 0.6) is 0 Å². The lowest BCUT2D eigenvalue weighted by atomic mass is 10.1. The van der Waals surface area contributed by atoms with E-state index >= 15 is 0 Å². The highest BCUT2D eigenvalue weighted by Gasteiger charge is 2.25. The predicted molar refractivity (Wildman–Crippen MR) is 56.8 cm³/mol. The second-order valence-electron chi connectivity index (χ2n) is 3.14. The highest BCUT2D eigenvalue weighted by molar-refractivity contribution is 7.10. The average molecular weight is 234 g/mol. The lowest BCUT2D eigenvalue weighted by Crippen LogP contribution is -2.37. The summed E-state index contributed by atoms with van der Waals surface area (Å²) in [6, 6.07) is 1.67. The van der Waals surface area contributed by atoms with Gasteiger partial charge < -0.3 is 15.2 Å². The molecule has 14 heavy (non-hydrogen) atoms.